The molecule has 1 atom stereocenters. The number of anilines is 1. The van der Waals surface area contributed by atoms with Crippen molar-refractivity contribution in [1.82, 2.24) is 9.97 Å². The van der Waals surface area contributed by atoms with Gasteiger partial charge in [0.25, 0.3) is 5.56 Å². The molecule has 1 aromatic heterocycles. The molecule has 0 fully saturated rings. The molecular weight excluding hydrogens is 266 g/mol. The second-order valence-corrected chi connectivity index (χ2v) is 4.41. The average Bonchev–Trinajstić information content (AvgIpc) is 2.44. The van der Waals surface area contributed by atoms with Gasteiger partial charge in [-0.3, -0.25) is 4.79 Å². The molecule has 1 unspecified atom stereocenters. The summed E-state index contributed by atoms with van der Waals surface area (Å²) >= 11 is 5.88. The zero-order valence-electron chi connectivity index (χ0n) is 10.6. The van der Waals surface area contributed by atoms with Crippen molar-refractivity contribution in [2.24, 2.45) is 0 Å². The van der Waals surface area contributed by atoms with Gasteiger partial charge >= 0.3 is 0 Å². The van der Waals surface area contributed by atoms with Gasteiger partial charge in [0.1, 0.15) is 10.8 Å². The minimum atomic E-state index is -0.360. The molecule has 0 aliphatic rings. The first-order valence-corrected chi connectivity index (χ1v) is 6.13. The smallest absolute Gasteiger partial charge is 0.271 e. The molecule has 0 radical (unpaired) electrons. The van der Waals surface area contributed by atoms with Crippen LogP contribution in [0.2, 0.25) is 5.02 Å². The van der Waals surface area contributed by atoms with E-state index >= 15 is 0 Å². The van der Waals surface area contributed by atoms with Crippen molar-refractivity contribution in [2.75, 3.05) is 12.4 Å². The molecule has 5 nitrogen and oxygen atoms in total. The van der Waals surface area contributed by atoms with Crippen LogP contribution in [0.3, 0.4) is 0 Å². The summed E-state index contributed by atoms with van der Waals surface area (Å²) in [6.45, 7) is 1.96. The Morgan fingerprint density at radius 2 is 2.05 bits per heavy atom. The van der Waals surface area contributed by atoms with Crippen LogP contribution < -0.4 is 15.6 Å². The number of methoxy groups -OCH3 is 1. The predicted molar refractivity (Wildman–Crippen MR) is 74.9 cm³/mol. The molecule has 6 heteroatoms. The fourth-order valence-corrected chi connectivity index (χ4v) is 1.82. The zero-order chi connectivity index (χ0) is 13.8. The molecule has 100 valence electrons. The number of aromatic amines is 1. The van der Waals surface area contributed by atoms with Crippen LogP contribution in [-0.4, -0.2) is 17.1 Å². The fraction of sp³-hybridized carbons (Fsp3) is 0.231. The van der Waals surface area contributed by atoms with Crippen LogP contribution in [0.4, 0.5) is 5.82 Å². The molecule has 1 aromatic carbocycles. The van der Waals surface area contributed by atoms with E-state index < -0.39 is 0 Å². The Kier molecular flexibility index (Phi) is 4.06. The second kappa shape index (κ2) is 5.75. The Hall–Kier alpha value is -2.01. The van der Waals surface area contributed by atoms with Crippen molar-refractivity contribution >= 4 is 17.4 Å². The van der Waals surface area contributed by atoms with Gasteiger partial charge in [-0.25, -0.2) is 4.98 Å². The average molecular weight is 280 g/mol. The van der Waals surface area contributed by atoms with Gasteiger partial charge in [-0.1, -0.05) is 23.7 Å². The van der Waals surface area contributed by atoms with E-state index in [9.17, 15) is 4.79 Å². The number of hydrogen-bond donors (Lipinski definition) is 2. The van der Waals surface area contributed by atoms with E-state index in [0.29, 0.717) is 5.82 Å². The first kappa shape index (κ1) is 13.4. The molecule has 2 N–H and O–H groups in total. The second-order valence-electron chi connectivity index (χ2n) is 4.03. The van der Waals surface area contributed by atoms with Crippen LogP contribution in [-0.2, 0) is 0 Å². The maximum absolute atomic E-state index is 11.4. The summed E-state index contributed by atoms with van der Waals surface area (Å²) in [5.41, 5.74) is 0.681. The van der Waals surface area contributed by atoms with Gasteiger partial charge in [-0.05, 0) is 24.6 Å². The topological polar surface area (TPSA) is 67.0 Å². The molecule has 2 aromatic rings. The maximum Gasteiger partial charge on any atom is 0.271 e. The number of halogens is 1. The van der Waals surface area contributed by atoms with Crippen molar-refractivity contribution in [2.45, 2.75) is 13.0 Å². The number of rotatable bonds is 4. The molecule has 0 aliphatic carbocycles. The van der Waals surface area contributed by atoms with Crippen LogP contribution in [0.15, 0.2) is 35.4 Å². The third-order valence-electron chi connectivity index (χ3n) is 2.77. The van der Waals surface area contributed by atoms with E-state index in [4.69, 9.17) is 16.3 Å². The lowest BCUT2D eigenvalue weighted by Gasteiger charge is -2.15. The van der Waals surface area contributed by atoms with Crippen molar-refractivity contribution in [3.8, 4) is 5.75 Å². The molecule has 0 saturated heterocycles. The number of nitrogens with one attached hydrogen (secondary N) is 2. The number of ether oxygens (including phenoxy) is 1. The van der Waals surface area contributed by atoms with E-state index in [-0.39, 0.29) is 16.6 Å². The lowest BCUT2D eigenvalue weighted by atomic mass is 10.1. The van der Waals surface area contributed by atoms with Gasteiger partial charge < -0.3 is 15.0 Å². The third kappa shape index (κ3) is 3.06. The highest BCUT2D eigenvalue weighted by molar-refractivity contribution is 6.32. The van der Waals surface area contributed by atoms with Gasteiger partial charge in [0, 0.05) is 6.04 Å². The molecule has 0 saturated carbocycles. The van der Waals surface area contributed by atoms with Crippen LogP contribution >= 0.6 is 11.6 Å². The maximum atomic E-state index is 11.4. The Labute approximate surface area is 115 Å². The number of H-pyrrole nitrogens is 1. The largest absolute Gasteiger partial charge is 0.497 e. The lowest BCUT2D eigenvalue weighted by Crippen LogP contribution is -2.14. The van der Waals surface area contributed by atoms with Crippen molar-refractivity contribution in [1.29, 1.82) is 0 Å². The van der Waals surface area contributed by atoms with Gasteiger partial charge in [0.15, 0.2) is 5.82 Å². The number of aromatic nitrogens is 2. The number of benzene rings is 1. The van der Waals surface area contributed by atoms with Crippen molar-refractivity contribution < 1.29 is 4.74 Å². The minimum absolute atomic E-state index is 0.0299. The minimum Gasteiger partial charge on any atom is -0.497 e. The first-order valence-electron chi connectivity index (χ1n) is 5.75. The summed E-state index contributed by atoms with van der Waals surface area (Å²) in [5, 5.41) is 3.16. The van der Waals surface area contributed by atoms with Crippen LogP contribution in [0, 0.1) is 0 Å². The molecular formula is C13H14ClN3O2. The van der Waals surface area contributed by atoms with Crippen molar-refractivity contribution in [3.63, 3.8) is 0 Å². The van der Waals surface area contributed by atoms with Crippen molar-refractivity contribution in [3.05, 3.63) is 51.5 Å². The molecule has 0 bridgehead atoms. The highest BCUT2D eigenvalue weighted by atomic mass is 35.5. The summed E-state index contributed by atoms with van der Waals surface area (Å²) in [5.74, 6) is 1.16. The predicted octanol–water partition coefficient (Wildman–Crippen LogP) is 2.61. The van der Waals surface area contributed by atoms with Crippen LogP contribution in [0.5, 0.6) is 5.75 Å². The first-order chi connectivity index (χ1) is 9.11. The summed E-state index contributed by atoms with van der Waals surface area (Å²) in [6.07, 6.45) is 1.32. The Balaban J connectivity index is 2.18. The van der Waals surface area contributed by atoms with Crippen LogP contribution in [0.1, 0.15) is 18.5 Å². The number of hydrogen-bond acceptors (Lipinski definition) is 4. The van der Waals surface area contributed by atoms with E-state index in [1.165, 1.54) is 6.33 Å². The van der Waals surface area contributed by atoms with E-state index in [1.54, 1.807) is 7.11 Å². The molecule has 19 heavy (non-hydrogen) atoms. The van der Waals surface area contributed by atoms with Gasteiger partial charge in [-0.2, -0.15) is 0 Å². The highest BCUT2D eigenvalue weighted by Crippen LogP contribution is 2.22. The summed E-state index contributed by atoms with van der Waals surface area (Å²) in [4.78, 5) is 17.8. The third-order valence-corrected chi connectivity index (χ3v) is 3.12. The normalized spacial score (nSPS) is 11.9. The zero-order valence-corrected chi connectivity index (χ0v) is 11.4. The van der Waals surface area contributed by atoms with E-state index in [2.05, 4.69) is 15.3 Å². The lowest BCUT2D eigenvalue weighted by molar-refractivity contribution is 0.414. The summed E-state index contributed by atoms with van der Waals surface area (Å²) < 4.78 is 5.10. The Morgan fingerprint density at radius 1 is 1.37 bits per heavy atom. The Morgan fingerprint density at radius 3 is 2.68 bits per heavy atom. The van der Waals surface area contributed by atoms with Gasteiger partial charge in [-0.15, -0.1) is 0 Å². The molecule has 0 amide bonds. The standard InChI is InChI=1S/C13H14ClN3O2/c1-8(9-3-5-10(19-2)6-4-9)17-12-11(14)13(18)16-7-15-12/h3-8H,1-2H3,(H2,15,16,17,18). The number of nitrogens with zero attached hydrogens (tertiary/aromatic N) is 1. The molecule has 1 heterocycles. The molecule has 0 aliphatic heterocycles. The van der Waals surface area contributed by atoms with Crippen LogP contribution in [0.25, 0.3) is 0 Å². The van der Waals surface area contributed by atoms with E-state index in [1.807, 2.05) is 31.2 Å². The monoisotopic (exact) mass is 279 g/mol. The summed E-state index contributed by atoms with van der Waals surface area (Å²) in [6, 6.07) is 7.60. The molecule has 0 spiro atoms. The quantitative estimate of drug-likeness (QED) is 0.903. The van der Waals surface area contributed by atoms with Gasteiger partial charge in [0.05, 0.1) is 13.4 Å². The van der Waals surface area contributed by atoms with Gasteiger partial charge in [0.2, 0.25) is 0 Å². The highest BCUT2D eigenvalue weighted by Gasteiger charge is 2.10. The Bertz CT molecular complexity index is 610. The molecule has 2 rings (SSSR count). The summed E-state index contributed by atoms with van der Waals surface area (Å²) in [7, 11) is 1.62. The van der Waals surface area contributed by atoms with E-state index in [0.717, 1.165) is 11.3 Å². The fourth-order valence-electron chi connectivity index (χ4n) is 1.66. The SMILES string of the molecule is COc1ccc(C(C)Nc2nc[nH]c(=O)c2Cl)cc1.